The first-order valence-corrected chi connectivity index (χ1v) is 24.4. The molecular weight excluding hydrogens is 816 g/mol. The summed E-state index contributed by atoms with van der Waals surface area (Å²) in [5.41, 5.74) is 22.9. The molecule has 0 saturated heterocycles. The van der Waals surface area contributed by atoms with E-state index in [1.165, 1.54) is 116 Å². The quantitative estimate of drug-likeness (QED) is 0.159. The zero-order chi connectivity index (χ0) is 44.9. The van der Waals surface area contributed by atoms with Gasteiger partial charge in [0, 0.05) is 43.6 Å². The van der Waals surface area contributed by atoms with E-state index in [4.69, 9.17) is 0 Å². The highest BCUT2D eigenvalue weighted by Gasteiger charge is 2.44. The van der Waals surface area contributed by atoms with E-state index < -0.39 is 0 Å². The molecule has 0 bridgehead atoms. The Hall–Kier alpha value is -6.88. The largest absolute Gasteiger partial charge is 0.311 e. The average molecular weight is 869 g/mol. The van der Waals surface area contributed by atoms with E-state index in [9.17, 15) is 0 Å². The minimum absolute atomic E-state index is 0.0231. The summed E-state index contributed by atoms with van der Waals surface area (Å²) in [5.74, 6) is 0. The van der Waals surface area contributed by atoms with Crippen LogP contribution in [0, 0.1) is 0 Å². The van der Waals surface area contributed by atoms with Crippen LogP contribution in [-0.2, 0) is 17.3 Å². The Morgan fingerprint density at radius 1 is 0.470 bits per heavy atom. The summed E-state index contributed by atoms with van der Waals surface area (Å²) in [5, 5.41) is 1.41. The van der Waals surface area contributed by atoms with Gasteiger partial charge in [0.25, 0.3) is 6.71 Å². The molecule has 4 heteroatoms. The summed E-state index contributed by atoms with van der Waals surface area (Å²) in [6.45, 7) is 14.0. The summed E-state index contributed by atoms with van der Waals surface area (Å²) in [4.78, 5) is 6.58. The lowest BCUT2D eigenvalue weighted by atomic mass is 9.33. The van der Waals surface area contributed by atoms with Gasteiger partial charge in [0.2, 0.25) is 0 Å². The number of anilines is 6. The van der Waals surface area contributed by atoms with E-state index >= 15 is 0 Å². The molecule has 0 atom stereocenters. The molecule has 9 aromatic rings. The van der Waals surface area contributed by atoms with Crippen molar-refractivity contribution in [3.8, 4) is 22.3 Å². The molecule has 2 aliphatic heterocycles. The topological polar surface area (TPSA) is 6.48 Å². The van der Waals surface area contributed by atoms with Crippen molar-refractivity contribution in [2.45, 2.75) is 65.2 Å². The van der Waals surface area contributed by atoms with Crippen LogP contribution in [0.15, 0.2) is 188 Å². The van der Waals surface area contributed by atoms with Crippen molar-refractivity contribution in [2.24, 2.45) is 0 Å². The van der Waals surface area contributed by atoms with E-state index in [0.717, 1.165) is 12.8 Å². The summed E-state index contributed by atoms with van der Waals surface area (Å²) in [7, 11) is 0. The second-order valence-corrected chi connectivity index (χ2v) is 21.5. The molecular formula is C62H53BN2S. The van der Waals surface area contributed by atoms with Gasteiger partial charge in [-0.25, -0.2) is 0 Å². The molecule has 12 rings (SSSR count). The summed E-state index contributed by atoms with van der Waals surface area (Å²) in [6.07, 6.45) is 4.63. The maximum absolute atomic E-state index is 2.59. The molecule has 1 aromatic heterocycles. The third-order valence-electron chi connectivity index (χ3n) is 14.3. The smallest absolute Gasteiger partial charge is 0.252 e. The Kier molecular flexibility index (Phi) is 9.45. The zero-order valence-electron chi connectivity index (χ0n) is 38.7. The monoisotopic (exact) mass is 868 g/mol. The number of hydrogen-bond donors (Lipinski definition) is 0. The second kappa shape index (κ2) is 15.4. The van der Waals surface area contributed by atoms with E-state index in [0.29, 0.717) is 0 Å². The lowest BCUT2D eigenvalue weighted by Crippen LogP contribution is -2.61. The molecule has 0 radical (unpaired) electrons. The summed E-state index contributed by atoms with van der Waals surface area (Å²) >= 11 is 1.94. The van der Waals surface area contributed by atoms with Crippen LogP contribution < -0.4 is 26.2 Å². The molecule has 3 aliphatic rings. The third kappa shape index (κ3) is 6.60. The minimum Gasteiger partial charge on any atom is -0.311 e. The van der Waals surface area contributed by atoms with Gasteiger partial charge in [-0.3, -0.25) is 0 Å². The van der Waals surface area contributed by atoms with Crippen LogP contribution in [0.5, 0.6) is 0 Å². The molecule has 0 N–H and O–H groups in total. The molecule has 320 valence electrons. The predicted octanol–water partition coefficient (Wildman–Crippen LogP) is 15.3. The Labute approximate surface area is 394 Å². The first kappa shape index (κ1) is 40.6. The standard InChI is InChI=1S/C62H53BN2S/c1-61(2,3)44-30-34-51-56(38-44)64(46-32-27-42(28-33-46)47-22-15-23-49-48-21-13-14-26-58(48)66-60(47)49)54-24-16-25-55-59(54)63(51)52-35-31-45(62(4,5)6)39-57(52)65(55)53-36-29-43(40-17-9-7-10-18-40)37-50(53)41-19-11-8-12-20-41/h7-14,16-22,24-39H,15,23H2,1-6H3. The average Bonchev–Trinajstić information content (AvgIpc) is 3.73. The van der Waals surface area contributed by atoms with Crippen LogP contribution in [0.4, 0.5) is 34.1 Å². The molecule has 2 nitrogen and oxygen atoms in total. The van der Waals surface area contributed by atoms with Crippen molar-refractivity contribution >= 4 is 84.2 Å². The molecule has 1 aliphatic carbocycles. The first-order chi connectivity index (χ1) is 32.0. The first-order valence-electron chi connectivity index (χ1n) is 23.6. The van der Waals surface area contributed by atoms with Crippen molar-refractivity contribution in [2.75, 3.05) is 9.80 Å². The number of nitrogens with zero attached hydrogens (tertiary/aromatic N) is 2. The fourth-order valence-corrected chi connectivity index (χ4v) is 12.2. The number of fused-ring (bicyclic) bond motifs is 7. The minimum atomic E-state index is -0.0382. The van der Waals surface area contributed by atoms with Crippen LogP contribution in [-0.4, -0.2) is 6.71 Å². The number of hydrogen-bond acceptors (Lipinski definition) is 3. The fraction of sp³-hybridized carbons (Fsp3) is 0.161. The van der Waals surface area contributed by atoms with E-state index in [1.807, 2.05) is 11.3 Å². The second-order valence-electron chi connectivity index (χ2n) is 20.4. The molecule has 0 unspecified atom stereocenters. The normalized spacial score (nSPS) is 14.1. The van der Waals surface area contributed by atoms with Crippen molar-refractivity contribution in [1.29, 1.82) is 0 Å². The maximum Gasteiger partial charge on any atom is 0.252 e. The molecule has 0 spiro atoms. The lowest BCUT2D eigenvalue weighted by molar-refractivity contribution is 0.590. The fourth-order valence-electron chi connectivity index (χ4n) is 10.8. The Morgan fingerprint density at radius 2 is 1.06 bits per heavy atom. The van der Waals surface area contributed by atoms with Crippen LogP contribution in [0.25, 0.3) is 37.9 Å². The Morgan fingerprint density at radius 3 is 1.73 bits per heavy atom. The number of allylic oxidation sites excluding steroid dienone is 1. The predicted molar refractivity (Wildman–Crippen MR) is 286 cm³/mol. The Bertz CT molecular complexity index is 3380. The van der Waals surface area contributed by atoms with Gasteiger partial charge in [-0.05, 0) is 145 Å². The van der Waals surface area contributed by atoms with Gasteiger partial charge < -0.3 is 9.80 Å². The van der Waals surface area contributed by atoms with E-state index in [1.54, 1.807) is 0 Å². The van der Waals surface area contributed by atoms with Crippen LogP contribution >= 0.6 is 11.3 Å². The van der Waals surface area contributed by atoms with Gasteiger partial charge in [0.15, 0.2) is 0 Å². The highest BCUT2D eigenvalue weighted by molar-refractivity contribution is 7.20. The van der Waals surface area contributed by atoms with Gasteiger partial charge in [-0.15, -0.1) is 11.3 Å². The molecule has 0 saturated carbocycles. The zero-order valence-corrected chi connectivity index (χ0v) is 39.5. The highest BCUT2D eigenvalue weighted by Crippen LogP contribution is 2.49. The summed E-state index contributed by atoms with van der Waals surface area (Å²) in [6, 6.07) is 68.8. The van der Waals surface area contributed by atoms with Gasteiger partial charge in [0.05, 0.1) is 5.69 Å². The van der Waals surface area contributed by atoms with E-state index in [2.05, 4.69) is 239 Å². The van der Waals surface area contributed by atoms with Crippen molar-refractivity contribution in [3.63, 3.8) is 0 Å². The van der Waals surface area contributed by atoms with Gasteiger partial charge in [0.1, 0.15) is 0 Å². The van der Waals surface area contributed by atoms with Crippen molar-refractivity contribution in [1.82, 2.24) is 0 Å². The summed E-state index contributed by atoms with van der Waals surface area (Å²) < 4.78 is 1.38. The molecule has 0 fully saturated rings. The van der Waals surface area contributed by atoms with Gasteiger partial charge >= 0.3 is 0 Å². The Balaban J connectivity index is 1.08. The van der Waals surface area contributed by atoms with Crippen LogP contribution in [0.2, 0.25) is 0 Å². The van der Waals surface area contributed by atoms with Crippen molar-refractivity contribution < 1.29 is 0 Å². The van der Waals surface area contributed by atoms with E-state index in [-0.39, 0.29) is 17.5 Å². The number of thiophene rings is 1. The molecule has 66 heavy (non-hydrogen) atoms. The maximum atomic E-state index is 2.59. The van der Waals surface area contributed by atoms with Gasteiger partial charge in [-0.1, -0.05) is 175 Å². The molecule has 0 amide bonds. The number of benzene rings is 8. The van der Waals surface area contributed by atoms with Crippen LogP contribution in [0.3, 0.4) is 0 Å². The lowest BCUT2D eigenvalue weighted by Gasteiger charge is -2.45. The van der Waals surface area contributed by atoms with Crippen molar-refractivity contribution in [3.05, 3.63) is 215 Å². The van der Waals surface area contributed by atoms with Gasteiger partial charge in [-0.2, -0.15) is 0 Å². The molecule has 3 heterocycles. The number of aryl methyl sites for hydroxylation is 1. The third-order valence-corrected chi connectivity index (χ3v) is 15.5. The molecule has 8 aromatic carbocycles. The van der Waals surface area contributed by atoms with Crippen LogP contribution in [0.1, 0.15) is 75.1 Å². The SMILES string of the molecule is CC(C)(C)c1ccc2c(c1)N(c1ccc(C3=CCCc4c3sc3ccccc43)cc1)c1cccc3c1B2c1ccc(C(C)(C)C)cc1N3c1ccc(-c2ccccc2)cc1-c1ccccc1. The number of rotatable bonds is 5. The highest BCUT2D eigenvalue weighted by atomic mass is 32.1.